The quantitative estimate of drug-likeness (QED) is 0.759. The second kappa shape index (κ2) is 8.31. The third kappa shape index (κ3) is 4.68. The highest BCUT2D eigenvalue weighted by atomic mass is 32.2. The van der Waals surface area contributed by atoms with E-state index in [1.54, 1.807) is 11.2 Å². The van der Waals surface area contributed by atoms with Gasteiger partial charge in [0.2, 0.25) is 0 Å². The number of rotatable bonds is 5. The van der Waals surface area contributed by atoms with Crippen LogP contribution in [-0.2, 0) is 17.3 Å². The molecule has 1 aromatic rings. The number of anilines is 1. The zero-order valence-corrected chi connectivity index (χ0v) is 14.4. The molecule has 0 radical (unpaired) electrons. The van der Waals surface area contributed by atoms with Crippen molar-refractivity contribution in [2.75, 3.05) is 23.9 Å². The number of hydrogen-bond acceptors (Lipinski definition) is 4. The van der Waals surface area contributed by atoms with E-state index < -0.39 is 17.0 Å². The number of hydrogen-bond donors (Lipinski definition) is 3. The summed E-state index contributed by atoms with van der Waals surface area (Å²) in [6.07, 6.45) is 2.37. The number of benzene rings is 1. The highest BCUT2D eigenvalue weighted by Crippen LogP contribution is 2.26. The largest absolute Gasteiger partial charge is 0.372 e. The summed E-state index contributed by atoms with van der Waals surface area (Å²) in [6, 6.07) is 7.14. The average Bonchev–Trinajstić information content (AvgIpc) is 2.64. The molecule has 0 saturated heterocycles. The van der Waals surface area contributed by atoms with Crippen molar-refractivity contribution >= 4 is 22.5 Å². The van der Waals surface area contributed by atoms with Crippen LogP contribution in [0, 0.1) is 0 Å². The lowest BCUT2D eigenvalue weighted by Crippen LogP contribution is -2.51. The number of nitrogens with zero attached hydrogens (tertiary/aromatic N) is 1. The normalized spacial score (nSPS) is 21.8. The van der Waals surface area contributed by atoms with Gasteiger partial charge < -0.3 is 20.6 Å². The molecule has 6 nitrogen and oxygen atoms in total. The Balaban J connectivity index is 2.17. The molecule has 3 N–H and O–H groups in total. The molecular formula is C16H25N3O3S. The number of amides is 2. The monoisotopic (exact) mass is 339 g/mol. The van der Waals surface area contributed by atoms with Crippen molar-refractivity contribution in [2.45, 2.75) is 38.6 Å². The van der Waals surface area contributed by atoms with Crippen LogP contribution < -0.4 is 10.6 Å². The number of urea groups is 1. The van der Waals surface area contributed by atoms with Crippen molar-refractivity contribution < 1.29 is 14.1 Å². The predicted octanol–water partition coefficient (Wildman–Crippen LogP) is 1.49. The van der Waals surface area contributed by atoms with E-state index in [1.165, 1.54) is 0 Å². The molecular weight excluding hydrogens is 314 g/mol. The number of carbonyl (C=O) groups excluding carboxylic acids is 1. The Morgan fingerprint density at radius 2 is 2.22 bits per heavy atom. The Morgan fingerprint density at radius 1 is 1.48 bits per heavy atom. The first-order valence-electron chi connectivity index (χ1n) is 7.90. The molecule has 1 heterocycles. The molecule has 7 heteroatoms. The van der Waals surface area contributed by atoms with E-state index in [0.717, 1.165) is 17.7 Å². The number of aliphatic hydroxyl groups is 1. The lowest BCUT2D eigenvalue weighted by atomic mass is 10.1. The molecule has 1 aliphatic rings. The summed E-state index contributed by atoms with van der Waals surface area (Å²) in [7, 11) is -0.941. The van der Waals surface area contributed by atoms with Crippen molar-refractivity contribution in [3.8, 4) is 0 Å². The maximum atomic E-state index is 12.5. The van der Waals surface area contributed by atoms with E-state index in [9.17, 15) is 14.1 Å². The average molecular weight is 339 g/mol. The lowest BCUT2D eigenvalue weighted by molar-refractivity contribution is 0.0783. The third-order valence-corrected chi connectivity index (χ3v) is 4.72. The van der Waals surface area contributed by atoms with Gasteiger partial charge in [0, 0.05) is 41.6 Å². The minimum atomic E-state index is -0.941. The van der Waals surface area contributed by atoms with Gasteiger partial charge in [-0.25, -0.2) is 4.79 Å². The summed E-state index contributed by atoms with van der Waals surface area (Å²) < 4.78 is 11.1. The van der Waals surface area contributed by atoms with Crippen LogP contribution in [0.1, 0.15) is 25.3 Å². The van der Waals surface area contributed by atoms with Gasteiger partial charge in [0.1, 0.15) is 6.23 Å². The third-order valence-electron chi connectivity index (χ3n) is 3.94. The molecule has 2 unspecified atom stereocenters. The highest BCUT2D eigenvalue weighted by molar-refractivity contribution is 7.84. The van der Waals surface area contributed by atoms with Crippen LogP contribution in [0.15, 0.2) is 24.3 Å². The van der Waals surface area contributed by atoms with Gasteiger partial charge in [-0.05, 0) is 18.1 Å². The molecule has 0 aromatic heterocycles. The van der Waals surface area contributed by atoms with Crippen LogP contribution in [0.4, 0.5) is 10.5 Å². The molecule has 0 saturated carbocycles. The van der Waals surface area contributed by atoms with E-state index in [-0.39, 0.29) is 12.1 Å². The van der Waals surface area contributed by atoms with Crippen LogP contribution in [0.5, 0.6) is 0 Å². The van der Waals surface area contributed by atoms with E-state index in [4.69, 9.17) is 0 Å². The minimum Gasteiger partial charge on any atom is -0.372 e. The van der Waals surface area contributed by atoms with Gasteiger partial charge in [-0.3, -0.25) is 4.21 Å². The standard InChI is InChI=1S/C16H25N3O3S/c1-3-6-14-15(20)18-13-8-5-4-7-12(13)11-19(14)16(21)17-9-10-23(2)22/h4-5,7-8,14-15,18,20H,3,6,9-11H2,1-2H3,(H,17,21)/t14-,15?,23?/m0/s1. The topological polar surface area (TPSA) is 81.7 Å². The Labute approximate surface area is 139 Å². The molecule has 2 amide bonds. The fourth-order valence-corrected chi connectivity index (χ4v) is 3.15. The fraction of sp³-hybridized carbons (Fsp3) is 0.562. The maximum absolute atomic E-state index is 12.5. The lowest BCUT2D eigenvalue weighted by Gasteiger charge is -2.32. The van der Waals surface area contributed by atoms with E-state index >= 15 is 0 Å². The zero-order chi connectivity index (χ0) is 16.8. The van der Waals surface area contributed by atoms with Crippen molar-refractivity contribution in [1.29, 1.82) is 0 Å². The molecule has 0 spiro atoms. The SMILES string of the molecule is CCC[C@H]1C(O)Nc2ccccc2CN1C(=O)NCCS(C)=O. The summed E-state index contributed by atoms with van der Waals surface area (Å²) in [5.41, 5.74) is 1.82. The van der Waals surface area contributed by atoms with Gasteiger partial charge in [0.15, 0.2) is 0 Å². The Morgan fingerprint density at radius 3 is 2.91 bits per heavy atom. The van der Waals surface area contributed by atoms with Crippen LogP contribution in [0.25, 0.3) is 0 Å². The maximum Gasteiger partial charge on any atom is 0.318 e. The number of carbonyl (C=O) groups is 1. The molecule has 0 fully saturated rings. The van der Waals surface area contributed by atoms with E-state index in [1.807, 2.05) is 31.2 Å². The molecule has 2 rings (SSSR count). The molecule has 0 bridgehead atoms. The van der Waals surface area contributed by atoms with Crippen LogP contribution >= 0.6 is 0 Å². The Hall–Kier alpha value is -1.60. The van der Waals surface area contributed by atoms with Crippen LogP contribution in [0.2, 0.25) is 0 Å². The van der Waals surface area contributed by atoms with Gasteiger partial charge in [-0.2, -0.15) is 0 Å². The number of para-hydroxylation sites is 1. The summed E-state index contributed by atoms with van der Waals surface area (Å²) in [5, 5.41) is 16.4. The number of fused-ring (bicyclic) bond motifs is 1. The summed E-state index contributed by atoms with van der Waals surface area (Å²) in [5.74, 6) is 0.426. The minimum absolute atomic E-state index is 0.230. The molecule has 23 heavy (non-hydrogen) atoms. The summed E-state index contributed by atoms with van der Waals surface area (Å²) >= 11 is 0. The molecule has 128 valence electrons. The molecule has 1 aliphatic heterocycles. The predicted molar refractivity (Wildman–Crippen MR) is 92.6 cm³/mol. The smallest absolute Gasteiger partial charge is 0.318 e. The van der Waals surface area contributed by atoms with Gasteiger partial charge in [0.25, 0.3) is 0 Å². The zero-order valence-electron chi connectivity index (χ0n) is 13.6. The van der Waals surface area contributed by atoms with Gasteiger partial charge >= 0.3 is 6.03 Å². The summed E-state index contributed by atoms with van der Waals surface area (Å²) in [6.45, 7) is 2.83. The van der Waals surface area contributed by atoms with E-state index in [0.29, 0.717) is 25.3 Å². The Bertz CT molecular complexity index is 567. The van der Waals surface area contributed by atoms with Crippen molar-refractivity contribution in [3.63, 3.8) is 0 Å². The molecule has 1 aromatic carbocycles. The Kier molecular flexibility index (Phi) is 6.41. The summed E-state index contributed by atoms with van der Waals surface area (Å²) in [4.78, 5) is 14.2. The van der Waals surface area contributed by atoms with Gasteiger partial charge in [-0.1, -0.05) is 31.5 Å². The fourth-order valence-electron chi connectivity index (χ4n) is 2.76. The second-order valence-corrected chi connectivity index (χ2v) is 7.29. The number of aliphatic hydroxyl groups excluding tert-OH is 1. The van der Waals surface area contributed by atoms with Crippen LogP contribution in [-0.4, -0.2) is 51.1 Å². The van der Waals surface area contributed by atoms with Gasteiger partial charge in [0.05, 0.1) is 6.04 Å². The second-order valence-electron chi connectivity index (χ2n) is 5.74. The van der Waals surface area contributed by atoms with Crippen molar-refractivity contribution in [2.24, 2.45) is 0 Å². The highest BCUT2D eigenvalue weighted by Gasteiger charge is 2.32. The molecule has 3 atom stereocenters. The first-order chi connectivity index (χ1) is 11.0. The van der Waals surface area contributed by atoms with Gasteiger partial charge in [-0.15, -0.1) is 0 Å². The number of nitrogens with one attached hydrogen (secondary N) is 2. The molecule has 0 aliphatic carbocycles. The van der Waals surface area contributed by atoms with Crippen molar-refractivity contribution in [3.05, 3.63) is 29.8 Å². The van der Waals surface area contributed by atoms with Crippen molar-refractivity contribution in [1.82, 2.24) is 10.2 Å². The van der Waals surface area contributed by atoms with Crippen LogP contribution in [0.3, 0.4) is 0 Å². The van der Waals surface area contributed by atoms with E-state index in [2.05, 4.69) is 10.6 Å². The first-order valence-corrected chi connectivity index (χ1v) is 9.62. The first kappa shape index (κ1) is 17.7.